The van der Waals surface area contributed by atoms with Gasteiger partial charge in [-0.1, -0.05) is 0 Å². The molecule has 0 amide bonds. The average Bonchev–Trinajstić information content (AvgIpc) is 3.50. The van der Waals surface area contributed by atoms with Gasteiger partial charge < -0.3 is 10.1 Å². The van der Waals surface area contributed by atoms with Crippen LogP contribution in [0, 0.1) is 24.1 Å². The lowest BCUT2D eigenvalue weighted by atomic mass is 10.0. The number of anilines is 1. The van der Waals surface area contributed by atoms with Crippen LogP contribution in [0.4, 0.5) is 10.3 Å². The van der Waals surface area contributed by atoms with Gasteiger partial charge in [0.2, 0.25) is 5.95 Å². The Hall–Kier alpha value is -3.93. The van der Waals surface area contributed by atoms with Crippen LogP contribution >= 0.6 is 0 Å². The lowest BCUT2D eigenvalue weighted by molar-refractivity contribution is 0.356. The van der Waals surface area contributed by atoms with Gasteiger partial charge in [0, 0.05) is 53.7 Å². The number of rotatable bonds is 5. The molecule has 1 aliphatic heterocycles. The largest absolute Gasteiger partial charge is 0.493 e. The van der Waals surface area contributed by atoms with Crippen molar-refractivity contribution in [1.29, 1.82) is 5.26 Å². The van der Waals surface area contributed by atoms with Crippen LogP contribution in [0.3, 0.4) is 0 Å². The van der Waals surface area contributed by atoms with Crippen molar-refractivity contribution in [3.63, 3.8) is 0 Å². The van der Waals surface area contributed by atoms with E-state index in [1.807, 2.05) is 17.8 Å². The molecule has 0 fully saturated rings. The van der Waals surface area contributed by atoms with Crippen LogP contribution in [0.15, 0.2) is 30.7 Å². The molecule has 0 atom stereocenters. The zero-order valence-corrected chi connectivity index (χ0v) is 18.1. The number of ether oxygens (including phenoxy) is 1. The highest BCUT2D eigenvalue weighted by Crippen LogP contribution is 2.32. The van der Waals surface area contributed by atoms with Gasteiger partial charge in [-0.05, 0) is 32.9 Å². The van der Waals surface area contributed by atoms with Crippen LogP contribution in [-0.4, -0.2) is 30.8 Å². The molecule has 0 unspecified atom stereocenters. The normalized spacial score (nSPS) is 12.8. The topological polar surface area (TPSA) is 93.1 Å². The van der Waals surface area contributed by atoms with Crippen LogP contribution < -0.4 is 10.1 Å². The number of nitriles is 1. The Labute approximate surface area is 184 Å². The van der Waals surface area contributed by atoms with Gasteiger partial charge in [-0.2, -0.15) is 10.4 Å². The molecular weight excluding hydrogens is 409 g/mol. The highest BCUT2D eigenvalue weighted by atomic mass is 19.1. The molecule has 1 N–H and O–H groups in total. The smallest absolute Gasteiger partial charge is 0.208 e. The number of hydrogen-bond acceptors (Lipinski definition) is 6. The van der Waals surface area contributed by atoms with Crippen molar-refractivity contribution in [2.24, 2.45) is 0 Å². The molecule has 4 aromatic rings. The fourth-order valence-corrected chi connectivity index (χ4v) is 4.04. The van der Waals surface area contributed by atoms with E-state index < -0.39 is 0 Å². The molecule has 5 rings (SSSR count). The van der Waals surface area contributed by atoms with Crippen molar-refractivity contribution >= 4 is 11.6 Å². The Morgan fingerprint density at radius 3 is 2.88 bits per heavy atom. The zero-order valence-electron chi connectivity index (χ0n) is 18.1. The Morgan fingerprint density at radius 1 is 1.28 bits per heavy atom. The highest BCUT2D eigenvalue weighted by molar-refractivity contribution is 5.79. The van der Waals surface area contributed by atoms with Crippen molar-refractivity contribution in [2.45, 2.75) is 39.8 Å². The zero-order chi connectivity index (χ0) is 22.4. The molecule has 0 radical (unpaired) electrons. The average molecular weight is 431 g/mol. The van der Waals surface area contributed by atoms with Crippen LogP contribution in [-0.2, 0) is 13.0 Å². The van der Waals surface area contributed by atoms with Crippen molar-refractivity contribution in [2.75, 3.05) is 11.9 Å². The third-order valence-electron chi connectivity index (χ3n) is 5.71. The molecule has 32 heavy (non-hydrogen) atoms. The Balaban J connectivity index is 1.55. The van der Waals surface area contributed by atoms with E-state index in [2.05, 4.69) is 40.3 Å². The van der Waals surface area contributed by atoms with Gasteiger partial charge in [0.05, 0.1) is 18.5 Å². The lowest BCUT2D eigenvalue weighted by Gasteiger charge is -2.13. The van der Waals surface area contributed by atoms with Crippen molar-refractivity contribution < 1.29 is 9.13 Å². The van der Waals surface area contributed by atoms with Gasteiger partial charge in [-0.3, -0.25) is 9.08 Å². The standard InChI is InChI=1S/C23H22FN7O/c1-13(2)31-12-19(14(3)29-31)18-10-27-23(30-11-15(8-25)28-22(18)30)26-9-17-16-6-7-32-21(16)5-4-20(17)24/h4-5,10-13H,6-7,9H2,1-3H3,(H,26,27). The number of aromatic nitrogens is 5. The van der Waals surface area contributed by atoms with Crippen LogP contribution in [0.25, 0.3) is 16.8 Å². The molecule has 1 aliphatic rings. The summed E-state index contributed by atoms with van der Waals surface area (Å²) in [7, 11) is 0. The molecule has 162 valence electrons. The summed E-state index contributed by atoms with van der Waals surface area (Å²) in [5.74, 6) is 0.918. The molecular formula is C23H22FN7O. The predicted octanol–water partition coefficient (Wildman–Crippen LogP) is 4.04. The lowest BCUT2D eigenvalue weighted by Crippen LogP contribution is -2.09. The summed E-state index contributed by atoms with van der Waals surface area (Å²) in [5, 5.41) is 17.2. The summed E-state index contributed by atoms with van der Waals surface area (Å²) in [5.41, 5.74) is 4.85. The first kappa shape index (κ1) is 20.0. The molecule has 0 spiro atoms. The second-order valence-corrected chi connectivity index (χ2v) is 8.08. The molecule has 1 aromatic carbocycles. The number of nitrogens with one attached hydrogen (secondary N) is 1. The van der Waals surface area contributed by atoms with Gasteiger partial charge in [0.1, 0.15) is 17.6 Å². The number of halogens is 1. The minimum Gasteiger partial charge on any atom is -0.493 e. The maximum Gasteiger partial charge on any atom is 0.208 e. The molecule has 3 aromatic heterocycles. The third-order valence-corrected chi connectivity index (χ3v) is 5.71. The van der Waals surface area contributed by atoms with Crippen molar-refractivity contribution in [1.82, 2.24) is 24.1 Å². The van der Waals surface area contributed by atoms with Gasteiger partial charge >= 0.3 is 0 Å². The summed E-state index contributed by atoms with van der Waals surface area (Å²) >= 11 is 0. The van der Waals surface area contributed by atoms with Crippen LogP contribution in [0.2, 0.25) is 0 Å². The quantitative estimate of drug-likeness (QED) is 0.513. The summed E-state index contributed by atoms with van der Waals surface area (Å²) in [4.78, 5) is 9.06. The van der Waals surface area contributed by atoms with Gasteiger partial charge in [-0.25, -0.2) is 14.4 Å². The van der Waals surface area contributed by atoms with Crippen molar-refractivity contribution in [3.8, 4) is 22.9 Å². The number of benzene rings is 1. The molecule has 0 saturated carbocycles. The SMILES string of the molecule is Cc1nn(C(C)C)cc1-c1cnc(NCc2c(F)ccc3c2CCO3)n2cc(C#N)nc12. The third kappa shape index (κ3) is 3.24. The van der Waals surface area contributed by atoms with Crippen molar-refractivity contribution in [3.05, 3.63) is 59.1 Å². The molecule has 9 heteroatoms. The van der Waals surface area contributed by atoms with Crippen LogP contribution in [0.5, 0.6) is 5.75 Å². The Kier molecular flexibility index (Phi) is 4.78. The first-order valence-corrected chi connectivity index (χ1v) is 10.5. The van der Waals surface area contributed by atoms with E-state index in [-0.39, 0.29) is 24.1 Å². The fraction of sp³-hybridized carbons (Fsp3) is 0.304. The van der Waals surface area contributed by atoms with E-state index in [0.29, 0.717) is 30.2 Å². The summed E-state index contributed by atoms with van der Waals surface area (Å²) in [6.07, 6.45) is 5.99. The summed E-state index contributed by atoms with van der Waals surface area (Å²) in [6, 6.07) is 5.40. The summed E-state index contributed by atoms with van der Waals surface area (Å²) in [6.45, 7) is 6.85. The van der Waals surface area contributed by atoms with Gasteiger partial charge in [0.25, 0.3) is 0 Å². The number of aryl methyl sites for hydroxylation is 1. The maximum atomic E-state index is 14.5. The molecule has 0 bridgehead atoms. The first-order chi connectivity index (χ1) is 15.5. The fourth-order valence-electron chi connectivity index (χ4n) is 4.04. The molecule has 4 heterocycles. The van der Waals surface area contributed by atoms with E-state index in [4.69, 9.17) is 4.74 Å². The van der Waals surface area contributed by atoms with E-state index in [1.165, 1.54) is 6.07 Å². The number of imidazole rings is 1. The molecule has 0 aliphatic carbocycles. The minimum atomic E-state index is -0.283. The van der Waals surface area contributed by atoms with E-state index >= 15 is 0 Å². The number of fused-ring (bicyclic) bond motifs is 2. The highest BCUT2D eigenvalue weighted by Gasteiger charge is 2.21. The van der Waals surface area contributed by atoms with Gasteiger partial charge in [-0.15, -0.1) is 0 Å². The summed E-state index contributed by atoms with van der Waals surface area (Å²) < 4.78 is 23.7. The second kappa shape index (κ2) is 7.64. The van der Waals surface area contributed by atoms with E-state index in [0.717, 1.165) is 28.1 Å². The van der Waals surface area contributed by atoms with E-state index in [9.17, 15) is 9.65 Å². The second-order valence-electron chi connectivity index (χ2n) is 8.08. The number of hydrogen-bond donors (Lipinski definition) is 1. The predicted molar refractivity (Wildman–Crippen MR) is 117 cm³/mol. The van der Waals surface area contributed by atoms with E-state index in [1.54, 1.807) is 22.9 Å². The van der Waals surface area contributed by atoms with Gasteiger partial charge in [0.15, 0.2) is 11.3 Å². The molecule has 0 saturated heterocycles. The monoisotopic (exact) mass is 431 g/mol. The van der Waals surface area contributed by atoms with Crippen LogP contribution in [0.1, 0.15) is 42.4 Å². The minimum absolute atomic E-state index is 0.216. The molecule has 8 nitrogen and oxygen atoms in total. The Bertz CT molecular complexity index is 1380. The Morgan fingerprint density at radius 2 is 2.12 bits per heavy atom. The maximum absolute atomic E-state index is 14.5. The first-order valence-electron chi connectivity index (χ1n) is 10.5. The number of nitrogens with zero attached hydrogens (tertiary/aromatic N) is 6.